The van der Waals surface area contributed by atoms with Crippen molar-refractivity contribution in [2.24, 2.45) is 0 Å². The van der Waals surface area contributed by atoms with Crippen LogP contribution in [0.1, 0.15) is 0 Å². The van der Waals surface area contributed by atoms with Gasteiger partial charge in [-0.1, -0.05) is 53.2 Å². The molecule has 146 valence electrons. The number of thioether (sulfide) groups is 1. The molecule has 4 aromatic rings. The van der Waals surface area contributed by atoms with E-state index in [1.807, 2.05) is 30.3 Å². The molecule has 7 heteroatoms. The van der Waals surface area contributed by atoms with Crippen molar-refractivity contribution >= 4 is 45.9 Å². The van der Waals surface area contributed by atoms with Crippen LogP contribution in [0, 0.1) is 0 Å². The second-order valence-corrected chi connectivity index (χ2v) is 8.12. The lowest BCUT2D eigenvalue weighted by Crippen LogP contribution is -2.22. The van der Waals surface area contributed by atoms with Crippen LogP contribution in [-0.4, -0.2) is 21.9 Å². The molecule has 1 aromatic heterocycles. The summed E-state index contributed by atoms with van der Waals surface area (Å²) in [6.45, 7) is 0.485. The summed E-state index contributed by atoms with van der Waals surface area (Å²) >= 11 is 13.6. The fraction of sp³-hybridized carbons (Fsp3) is 0.0909. The number of rotatable bonds is 6. The number of hydrogen-bond donors (Lipinski definition) is 0. The van der Waals surface area contributed by atoms with E-state index in [0.717, 1.165) is 5.75 Å². The van der Waals surface area contributed by atoms with Gasteiger partial charge in [-0.15, -0.1) is 0 Å². The maximum Gasteiger partial charge on any atom is 0.266 e. The minimum Gasteiger partial charge on any atom is -0.493 e. The Kier molecular flexibility index (Phi) is 6.09. The van der Waals surface area contributed by atoms with E-state index < -0.39 is 0 Å². The molecule has 0 spiro atoms. The molecule has 0 saturated carbocycles. The van der Waals surface area contributed by atoms with Gasteiger partial charge in [0.05, 0.1) is 23.2 Å². The number of para-hydroxylation sites is 1. The number of nitrogens with zero attached hydrogens (tertiary/aromatic N) is 2. The fourth-order valence-electron chi connectivity index (χ4n) is 2.86. The van der Waals surface area contributed by atoms with Crippen LogP contribution in [0.2, 0.25) is 10.0 Å². The standard InChI is InChI=1S/C22H16Cl2N2O2S/c23-15-6-9-17(10-7-15)26-21(27)19-11-8-16(24)14-20(19)25-22(26)29-13-12-28-18-4-2-1-3-5-18/h1-11,14H,12-13H2. The van der Waals surface area contributed by atoms with Gasteiger partial charge in [-0.3, -0.25) is 9.36 Å². The van der Waals surface area contributed by atoms with Crippen molar-refractivity contribution in [1.29, 1.82) is 0 Å². The molecule has 0 unspecified atom stereocenters. The van der Waals surface area contributed by atoms with Crippen molar-refractivity contribution in [3.8, 4) is 11.4 Å². The van der Waals surface area contributed by atoms with Crippen molar-refractivity contribution in [3.63, 3.8) is 0 Å². The van der Waals surface area contributed by atoms with Gasteiger partial charge in [-0.05, 0) is 54.6 Å². The SMILES string of the molecule is O=c1c2ccc(Cl)cc2nc(SCCOc2ccccc2)n1-c1ccc(Cl)cc1. The van der Waals surface area contributed by atoms with Crippen LogP contribution in [-0.2, 0) is 0 Å². The number of halogens is 2. The molecule has 4 rings (SSSR count). The highest BCUT2D eigenvalue weighted by atomic mass is 35.5. The summed E-state index contributed by atoms with van der Waals surface area (Å²) in [5.74, 6) is 1.43. The average Bonchev–Trinajstić information content (AvgIpc) is 2.73. The summed E-state index contributed by atoms with van der Waals surface area (Å²) in [6, 6.07) is 21.8. The van der Waals surface area contributed by atoms with Crippen molar-refractivity contribution in [2.45, 2.75) is 5.16 Å². The van der Waals surface area contributed by atoms with Crippen LogP contribution >= 0.6 is 35.0 Å². The van der Waals surface area contributed by atoms with E-state index in [-0.39, 0.29) is 5.56 Å². The number of aromatic nitrogens is 2. The third-order valence-corrected chi connectivity index (χ3v) is 5.60. The molecule has 0 atom stereocenters. The van der Waals surface area contributed by atoms with Gasteiger partial charge in [-0.25, -0.2) is 4.98 Å². The first-order valence-electron chi connectivity index (χ1n) is 8.91. The van der Waals surface area contributed by atoms with Gasteiger partial charge < -0.3 is 4.74 Å². The molecule has 0 radical (unpaired) electrons. The third-order valence-electron chi connectivity index (χ3n) is 4.21. The third kappa shape index (κ3) is 4.58. The molecule has 0 amide bonds. The van der Waals surface area contributed by atoms with E-state index in [2.05, 4.69) is 0 Å². The summed E-state index contributed by atoms with van der Waals surface area (Å²) in [6.07, 6.45) is 0. The molecule has 0 bridgehead atoms. The highest BCUT2D eigenvalue weighted by Gasteiger charge is 2.14. The lowest BCUT2D eigenvalue weighted by molar-refractivity contribution is 0.344. The average molecular weight is 443 g/mol. The van der Waals surface area contributed by atoms with E-state index in [0.29, 0.717) is 44.2 Å². The van der Waals surface area contributed by atoms with Crippen molar-refractivity contribution in [2.75, 3.05) is 12.4 Å². The van der Waals surface area contributed by atoms with Gasteiger partial charge >= 0.3 is 0 Å². The summed E-state index contributed by atoms with van der Waals surface area (Å²) in [7, 11) is 0. The summed E-state index contributed by atoms with van der Waals surface area (Å²) < 4.78 is 7.35. The van der Waals surface area contributed by atoms with Gasteiger partial charge in [0.2, 0.25) is 0 Å². The van der Waals surface area contributed by atoms with Crippen LogP contribution < -0.4 is 10.3 Å². The normalized spacial score (nSPS) is 11.0. The van der Waals surface area contributed by atoms with Crippen LogP contribution in [0.15, 0.2) is 82.7 Å². The molecule has 0 aliphatic rings. The maximum absolute atomic E-state index is 13.2. The van der Waals surface area contributed by atoms with E-state index in [4.69, 9.17) is 32.9 Å². The van der Waals surface area contributed by atoms with E-state index in [9.17, 15) is 4.79 Å². The number of fused-ring (bicyclic) bond motifs is 1. The Hall–Kier alpha value is -2.47. The van der Waals surface area contributed by atoms with Gasteiger partial charge in [0.1, 0.15) is 5.75 Å². The Morgan fingerprint density at radius 3 is 2.41 bits per heavy atom. The van der Waals surface area contributed by atoms with E-state index in [1.165, 1.54) is 11.8 Å². The summed E-state index contributed by atoms with van der Waals surface area (Å²) in [5.41, 5.74) is 1.12. The number of benzene rings is 3. The molecular formula is C22H16Cl2N2O2S. The van der Waals surface area contributed by atoms with Crippen LogP contribution in [0.25, 0.3) is 16.6 Å². The molecule has 4 nitrogen and oxygen atoms in total. The molecule has 0 fully saturated rings. The molecule has 29 heavy (non-hydrogen) atoms. The van der Waals surface area contributed by atoms with E-state index in [1.54, 1.807) is 47.0 Å². The monoisotopic (exact) mass is 442 g/mol. The lowest BCUT2D eigenvalue weighted by Gasteiger charge is -2.14. The number of ether oxygens (including phenoxy) is 1. The predicted octanol–water partition coefficient (Wildman–Crippen LogP) is 5.86. The van der Waals surface area contributed by atoms with Gasteiger partial charge in [0.15, 0.2) is 5.16 Å². The predicted molar refractivity (Wildman–Crippen MR) is 120 cm³/mol. The second kappa shape index (κ2) is 8.91. The Bertz CT molecular complexity index is 1200. The Balaban J connectivity index is 1.67. The zero-order chi connectivity index (χ0) is 20.2. The summed E-state index contributed by atoms with van der Waals surface area (Å²) in [5, 5.41) is 2.22. The first-order chi connectivity index (χ1) is 14.1. The molecule has 3 aromatic carbocycles. The molecule has 0 aliphatic heterocycles. The van der Waals surface area contributed by atoms with Gasteiger partial charge in [0, 0.05) is 15.8 Å². The van der Waals surface area contributed by atoms with Crippen LogP contribution in [0.3, 0.4) is 0 Å². The summed E-state index contributed by atoms with van der Waals surface area (Å²) in [4.78, 5) is 17.9. The van der Waals surface area contributed by atoms with Gasteiger partial charge in [-0.2, -0.15) is 0 Å². The first-order valence-corrected chi connectivity index (χ1v) is 10.6. The fourth-order valence-corrected chi connectivity index (χ4v) is 3.98. The Labute approximate surface area is 182 Å². The minimum absolute atomic E-state index is 0.152. The Morgan fingerprint density at radius 1 is 0.931 bits per heavy atom. The smallest absolute Gasteiger partial charge is 0.266 e. The minimum atomic E-state index is -0.152. The maximum atomic E-state index is 13.2. The molecule has 0 N–H and O–H groups in total. The highest BCUT2D eigenvalue weighted by molar-refractivity contribution is 7.99. The Morgan fingerprint density at radius 2 is 1.66 bits per heavy atom. The zero-order valence-corrected chi connectivity index (χ0v) is 17.5. The van der Waals surface area contributed by atoms with Crippen molar-refractivity contribution in [3.05, 3.63) is 93.2 Å². The van der Waals surface area contributed by atoms with E-state index >= 15 is 0 Å². The zero-order valence-electron chi connectivity index (χ0n) is 15.2. The molecular weight excluding hydrogens is 427 g/mol. The highest BCUT2D eigenvalue weighted by Crippen LogP contribution is 2.24. The van der Waals surface area contributed by atoms with Crippen molar-refractivity contribution in [1.82, 2.24) is 9.55 Å². The lowest BCUT2D eigenvalue weighted by atomic mass is 10.2. The largest absolute Gasteiger partial charge is 0.493 e. The second-order valence-electron chi connectivity index (χ2n) is 6.18. The van der Waals surface area contributed by atoms with Crippen LogP contribution in [0.4, 0.5) is 0 Å². The van der Waals surface area contributed by atoms with Gasteiger partial charge in [0.25, 0.3) is 5.56 Å². The van der Waals surface area contributed by atoms with Crippen LogP contribution in [0.5, 0.6) is 5.75 Å². The quantitative estimate of drug-likeness (QED) is 0.213. The molecule has 1 heterocycles. The first kappa shape index (κ1) is 19.8. The molecule has 0 saturated heterocycles. The van der Waals surface area contributed by atoms with Crippen molar-refractivity contribution < 1.29 is 4.74 Å². The topological polar surface area (TPSA) is 44.1 Å². The molecule has 0 aliphatic carbocycles. The number of hydrogen-bond acceptors (Lipinski definition) is 4.